The van der Waals surface area contributed by atoms with Gasteiger partial charge >= 0.3 is 10.2 Å². The lowest BCUT2D eigenvalue weighted by Gasteiger charge is -2.32. The van der Waals surface area contributed by atoms with E-state index in [1.54, 1.807) is 61.5 Å². The molecule has 0 aliphatic carbocycles. The molecule has 0 aromatic heterocycles. The lowest BCUT2D eigenvalue weighted by Crippen LogP contribution is -2.52. The van der Waals surface area contributed by atoms with E-state index in [0.717, 1.165) is 14.2 Å². The molecule has 0 spiro atoms. The first kappa shape index (κ1) is 24.6. The minimum atomic E-state index is -3.95. The first-order valence-electron chi connectivity index (χ1n) is 9.58. The van der Waals surface area contributed by atoms with Gasteiger partial charge in [0, 0.05) is 32.7 Å². The lowest BCUT2D eigenvalue weighted by molar-refractivity contribution is -0.139. The third kappa shape index (κ3) is 6.19. The Labute approximate surface area is 188 Å². The summed E-state index contributed by atoms with van der Waals surface area (Å²) in [5.41, 5.74) is 1.07. The summed E-state index contributed by atoms with van der Waals surface area (Å²) in [7, 11) is 0.317. The number of likely N-dealkylation sites (N-methyl/N-ethyl adjacent to an activating group) is 1. The molecule has 168 valence electrons. The van der Waals surface area contributed by atoms with Gasteiger partial charge in [-0.15, -0.1) is 0 Å². The van der Waals surface area contributed by atoms with Crippen molar-refractivity contribution < 1.29 is 18.0 Å². The SMILES string of the molecule is CNC(=O)C(C)N(Cc1cccc(Cl)c1)C(=O)CN(c1ccccc1)S(=O)(=O)N(C)C. The van der Waals surface area contributed by atoms with Crippen molar-refractivity contribution >= 4 is 39.3 Å². The van der Waals surface area contributed by atoms with Crippen LogP contribution in [0.3, 0.4) is 0 Å². The molecule has 2 rings (SSSR count). The van der Waals surface area contributed by atoms with Gasteiger partial charge in [-0.3, -0.25) is 9.59 Å². The zero-order valence-corrected chi connectivity index (χ0v) is 19.5. The summed E-state index contributed by atoms with van der Waals surface area (Å²) < 4.78 is 27.9. The van der Waals surface area contributed by atoms with E-state index in [1.807, 2.05) is 0 Å². The van der Waals surface area contributed by atoms with Crippen LogP contribution in [0.2, 0.25) is 5.02 Å². The molecule has 0 aliphatic rings. The monoisotopic (exact) mass is 466 g/mol. The quantitative estimate of drug-likeness (QED) is 0.613. The second-order valence-electron chi connectivity index (χ2n) is 7.07. The van der Waals surface area contributed by atoms with Crippen LogP contribution in [0, 0.1) is 0 Å². The van der Waals surface area contributed by atoms with Gasteiger partial charge in [-0.25, -0.2) is 4.31 Å². The van der Waals surface area contributed by atoms with Gasteiger partial charge in [-0.05, 0) is 36.8 Å². The molecular formula is C21H27ClN4O4S. The normalized spacial score (nSPS) is 12.3. The largest absolute Gasteiger partial charge is 0.357 e. The number of amides is 2. The molecule has 0 bridgehead atoms. The van der Waals surface area contributed by atoms with Crippen molar-refractivity contribution in [2.75, 3.05) is 32.0 Å². The number of para-hydroxylation sites is 1. The summed E-state index contributed by atoms with van der Waals surface area (Å²) in [5.74, 6) is -0.887. The molecule has 8 nitrogen and oxygen atoms in total. The van der Waals surface area contributed by atoms with E-state index in [0.29, 0.717) is 10.7 Å². The van der Waals surface area contributed by atoms with Crippen LogP contribution < -0.4 is 9.62 Å². The standard InChI is InChI=1S/C21H27ClN4O4S/c1-16(21(28)23-2)25(14-17-9-8-10-18(22)13-17)20(27)15-26(31(29,30)24(3)4)19-11-6-5-7-12-19/h5-13,16H,14-15H2,1-4H3,(H,23,28). The van der Waals surface area contributed by atoms with E-state index in [1.165, 1.54) is 26.0 Å². The molecule has 2 aromatic rings. The molecule has 1 unspecified atom stereocenters. The van der Waals surface area contributed by atoms with Gasteiger partial charge in [0.05, 0.1) is 5.69 Å². The van der Waals surface area contributed by atoms with Gasteiger partial charge in [-0.1, -0.05) is 41.9 Å². The minimum Gasteiger partial charge on any atom is -0.357 e. The molecule has 1 atom stereocenters. The molecule has 0 saturated carbocycles. The van der Waals surface area contributed by atoms with E-state index in [2.05, 4.69) is 5.32 Å². The second-order valence-corrected chi connectivity index (χ2v) is 9.58. The highest BCUT2D eigenvalue weighted by Crippen LogP contribution is 2.21. The zero-order valence-electron chi connectivity index (χ0n) is 17.9. The van der Waals surface area contributed by atoms with Crippen LogP contribution in [0.25, 0.3) is 0 Å². The van der Waals surface area contributed by atoms with Crippen molar-refractivity contribution in [1.29, 1.82) is 0 Å². The van der Waals surface area contributed by atoms with Crippen molar-refractivity contribution in [3.05, 3.63) is 65.2 Å². The third-order valence-corrected chi connectivity index (χ3v) is 6.77. The first-order chi connectivity index (χ1) is 14.6. The third-order valence-electron chi connectivity index (χ3n) is 4.72. The first-order valence-corrected chi connectivity index (χ1v) is 11.4. The Bertz CT molecular complexity index is 1020. The van der Waals surface area contributed by atoms with E-state index in [-0.39, 0.29) is 12.5 Å². The molecule has 31 heavy (non-hydrogen) atoms. The number of nitrogens with one attached hydrogen (secondary N) is 1. The summed E-state index contributed by atoms with van der Waals surface area (Å²) in [5, 5.41) is 3.03. The molecule has 0 radical (unpaired) electrons. The number of halogens is 1. The van der Waals surface area contributed by atoms with Gasteiger partial charge in [-0.2, -0.15) is 12.7 Å². The molecule has 0 fully saturated rings. The highest BCUT2D eigenvalue weighted by molar-refractivity contribution is 7.90. The molecule has 10 heteroatoms. The summed E-state index contributed by atoms with van der Waals surface area (Å²) in [6.07, 6.45) is 0. The average molecular weight is 467 g/mol. The minimum absolute atomic E-state index is 0.0959. The van der Waals surface area contributed by atoms with Crippen LogP contribution in [0.4, 0.5) is 5.69 Å². The Hall–Kier alpha value is -2.62. The van der Waals surface area contributed by atoms with Crippen LogP contribution in [0.1, 0.15) is 12.5 Å². The number of carbonyl (C=O) groups excluding carboxylic acids is 2. The summed E-state index contributed by atoms with van der Waals surface area (Å²) in [6.45, 7) is 1.22. The van der Waals surface area contributed by atoms with Crippen molar-refractivity contribution in [3.63, 3.8) is 0 Å². The Balaban J connectivity index is 2.42. The number of anilines is 1. The molecule has 1 N–H and O–H groups in total. The van der Waals surface area contributed by atoms with Gasteiger partial charge < -0.3 is 10.2 Å². The van der Waals surface area contributed by atoms with Crippen LogP contribution in [-0.2, 0) is 26.3 Å². The van der Waals surface area contributed by atoms with E-state index in [4.69, 9.17) is 11.6 Å². The fraction of sp³-hybridized carbons (Fsp3) is 0.333. The number of benzene rings is 2. The maximum absolute atomic E-state index is 13.3. The predicted octanol–water partition coefficient (Wildman–Crippen LogP) is 2.12. The van der Waals surface area contributed by atoms with Gasteiger partial charge in [0.15, 0.2) is 0 Å². The van der Waals surface area contributed by atoms with Crippen molar-refractivity contribution in [2.24, 2.45) is 0 Å². The molecular weight excluding hydrogens is 440 g/mol. The predicted molar refractivity (Wildman–Crippen MR) is 122 cm³/mol. The smallest absolute Gasteiger partial charge is 0.304 e. The Morgan fingerprint density at radius 2 is 1.71 bits per heavy atom. The molecule has 2 amide bonds. The lowest BCUT2D eigenvalue weighted by atomic mass is 10.1. The maximum atomic E-state index is 13.3. The topological polar surface area (TPSA) is 90.0 Å². The van der Waals surface area contributed by atoms with Crippen molar-refractivity contribution in [3.8, 4) is 0 Å². The van der Waals surface area contributed by atoms with Crippen molar-refractivity contribution in [2.45, 2.75) is 19.5 Å². The maximum Gasteiger partial charge on any atom is 0.304 e. The van der Waals surface area contributed by atoms with Crippen LogP contribution in [0.15, 0.2) is 54.6 Å². The highest BCUT2D eigenvalue weighted by atomic mass is 35.5. The average Bonchev–Trinajstić information content (AvgIpc) is 2.75. The van der Waals surface area contributed by atoms with E-state index in [9.17, 15) is 18.0 Å². The molecule has 2 aromatic carbocycles. The molecule has 0 aliphatic heterocycles. The van der Waals surface area contributed by atoms with Crippen molar-refractivity contribution in [1.82, 2.24) is 14.5 Å². The number of hydrogen-bond donors (Lipinski definition) is 1. The zero-order chi connectivity index (χ0) is 23.2. The Kier molecular flexibility index (Phi) is 8.43. The second kappa shape index (κ2) is 10.6. The Morgan fingerprint density at radius 3 is 2.26 bits per heavy atom. The van der Waals surface area contributed by atoms with Crippen LogP contribution in [-0.4, -0.2) is 63.2 Å². The van der Waals surface area contributed by atoms with Gasteiger partial charge in [0.1, 0.15) is 12.6 Å². The molecule has 0 saturated heterocycles. The van der Waals surface area contributed by atoms with E-state index < -0.39 is 28.7 Å². The van der Waals surface area contributed by atoms with Gasteiger partial charge in [0.2, 0.25) is 11.8 Å². The fourth-order valence-corrected chi connectivity index (χ4v) is 4.20. The molecule has 0 heterocycles. The van der Waals surface area contributed by atoms with Crippen LogP contribution >= 0.6 is 11.6 Å². The number of nitrogens with zero attached hydrogens (tertiary/aromatic N) is 3. The van der Waals surface area contributed by atoms with E-state index >= 15 is 0 Å². The Morgan fingerprint density at radius 1 is 1.06 bits per heavy atom. The number of hydrogen-bond acceptors (Lipinski definition) is 4. The van der Waals surface area contributed by atoms with Gasteiger partial charge in [0.25, 0.3) is 0 Å². The fourth-order valence-electron chi connectivity index (χ4n) is 2.93. The number of rotatable bonds is 9. The summed E-state index contributed by atoms with van der Waals surface area (Å²) in [6, 6.07) is 14.5. The van der Waals surface area contributed by atoms with Crippen LogP contribution in [0.5, 0.6) is 0 Å². The summed E-state index contributed by atoms with van der Waals surface area (Å²) >= 11 is 6.06. The summed E-state index contributed by atoms with van der Waals surface area (Å²) in [4.78, 5) is 27.0. The number of carbonyl (C=O) groups is 2. The highest BCUT2D eigenvalue weighted by Gasteiger charge is 2.32.